The van der Waals surface area contributed by atoms with Crippen LogP contribution >= 0.6 is 0 Å². The number of carbonyl (C=O) groups excluding carboxylic acids is 1. The number of hydrogen-bond acceptors (Lipinski definition) is 6. The van der Waals surface area contributed by atoms with E-state index < -0.39 is 0 Å². The summed E-state index contributed by atoms with van der Waals surface area (Å²) < 4.78 is 5.27. The van der Waals surface area contributed by atoms with Crippen molar-refractivity contribution in [3.63, 3.8) is 0 Å². The lowest BCUT2D eigenvalue weighted by atomic mass is 9.96. The Balaban J connectivity index is 1.40. The molecular formula is C25H30N6O2. The Bertz CT molecular complexity index is 1110. The molecule has 0 aliphatic carbocycles. The average Bonchev–Trinajstić information content (AvgIpc) is 3.34. The van der Waals surface area contributed by atoms with E-state index in [0.717, 1.165) is 72.5 Å². The smallest absolute Gasteiger partial charge is 0.228 e. The van der Waals surface area contributed by atoms with Crippen molar-refractivity contribution in [3.05, 3.63) is 65.1 Å². The molecule has 2 aromatic heterocycles. The fourth-order valence-corrected chi connectivity index (χ4v) is 4.87. The van der Waals surface area contributed by atoms with E-state index >= 15 is 0 Å². The average molecular weight is 447 g/mol. The van der Waals surface area contributed by atoms with Gasteiger partial charge in [-0.2, -0.15) is 0 Å². The number of ether oxygens (including phenoxy) is 1. The summed E-state index contributed by atoms with van der Waals surface area (Å²) in [6.07, 6.45) is 7.00. The van der Waals surface area contributed by atoms with Crippen molar-refractivity contribution < 1.29 is 9.53 Å². The molecular weight excluding hydrogens is 416 g/mol. The number of piperidine rings is 1. The van der Waals surface area contributed by atoms with Gasteiger partial charge in [-0.15, -0.1) is 0 Å². The molecule has 3 aromatic rings. The Morgan fingerprint density at radius 3 is 2.76 bits per heavy atom. The maximum absolute atomic E-state index is 12.9. The highest BCUT2D eigenvalue weighted by molar-refractivity contribution is 5.95. The van der Waals surface area contributed by atoms with Crippen molar-refractivity contribution in [2.75, 3.05) is 25.1 Å². The number of hydrogen-bond donors (Lipinski definition) is 1. The van der Waals surface area contributed by atoms with Crippen molar-refractivity contribution in [1.82, 2.24) is 24.8 Å². The largest absolute Gasteiger partial charge is 0.497 e. The number of nitrogens with one attached hydrogen (secondary N) is 1. The van der Waals surface area contributed by atoms with E-state index in [4.69, 9.17) is 14.7 Å². The summed E-state index contributed by atoms with van der Waals surface area (Å²) in [6.45, 7) is 5.29. The molecule has 8 nitrogen and oxygen atoms in total. The SMILES string of the molecule is COc1ccc(CN2C(=O)CCc3c(C)nc([C@H]4CCCN(Cc5ncc[nH]5)C4)nc32)cc1. The molecule has 1 fully saturated rings. The number of methoxy groups -OCH3 is 1. The second kappa shape index (κ2) is 9.31. The number of aromatic nitrogens is 4. The minimum absolute atomic E-state index is 0.116. The zero-order chi connectivity index (χ0) is 22.8. The third-order valence-corrected chi connectivity index (χ3v) is 6.65. The van der Waals surface area contributed by atoms with Gasteiger partial charge in [0.15, 0.2) is 0 Å². The quantitative estimate of drug-likeness (QED) is 0.625. The Kier molecular flexibility index (Phi) is 6.09. The van der Waals surface area contributed by atoms with Gasteiger partial charge in [0.2, 0.25) is 5.91 Å². The number of amides is 1. The van der Waals surface area contributed by atoms with Crippen LogP contribution in [0.15, 0.2) is 36.7 Å². The first-order chi connectivity index (χ1) is 16.1. The highest BCUT2D eigenvalue weighted by Gasteiger charge is 2.31. The number of benzene rings is 1. The van der Waals surface area contributed by atoms with Crippen LogP contribution in [0.3, 0.4) is 0 Å². The molecule has 0 bridgehead atoms. The van der Waals surface area contributed by atoms with Gasteiger partial charge in [-0.1, -0.05) is 12.1 Å². The lowest BCUT2D eigenvalue weighted by molar-refractivity contribution is -0.119. The van der Waals surface area contributed by atoms with Crippen LogP contribution in [0.1, 0.15) is 53.7 Å². The number of anilines is 1. The summed E-state index contributed by atoms with van der Waals surface area (Å²) in [5.41, 5.74) is 3.14. The van der Waals surface area contributed by atoms with Crippen molar-refractivity contribution in [2.24, 2.45) is 0 Å². The molecule has 0 unspecified atom stereocenters. The molecule has 0 saturated carbocycles. The first-order valence-electron chi connectivity index (χ1n) is 11.6. The summed E-state index contributed by atoms with van der Waals surface area (Å²) in [5, 5.41) is 0. The number of imidazole rings is 1. The fraction of sp³-hybridized carbons (Fsp3) is 0.440. The fourth-order valence-electron chi connectivity index (χ4n) is 4.87. The zero-order valence-corrected chi connectivity index (χ0v) is 19.3. The molecule has 1 saturated heterocycles. The number of fused-ring (bicyclic) bond motifs is 1. The Morgan fingerprint density at radius 1 is 1.15 bits per heavy atom. The van der Waals surface area contributed by atoms with E-state index in [9.17, 15) is 4.79 Å². The normalized spacial score (nSPS) is 18.9. The number of carbonyl (C=O) groups is 1. The molecule has 2 aliphatic heterocycles. The molecule has 8 heteroatoms. The standard InChI is InChI=1S/C25H30N6O2/c1-17-21-9-10-23(32)31(14-18-5-7-20(33-2)8-6-18)25(21)29-24(28-17)19-4-3-13-30(15-19)16-22-26-11-12-27-22/h5-8,11-12,19H,3-4,9-10,13-16H2,1-2H3,(H,26,27)/t19-/m0/s1. The van der Waals surface area contributed by atoms with Gasteiger partial charge < -0.3 is 9.72 Å². The minimum atomic E-state index is 0.116. The molecule has 1 amide bonds. The van der Waals surface area contributed by atoms with Gasteiger partial charge in [0.05, 0.1) is 20.2 Å². The highest BCUT2D eigenvalue weighted by Crippen LogP contribution is 2.33. The molecule has 1 N–H and O–H groups in total. The maximum Gasteiger partial charge on any atom is 0.228 e. The highest BCUT2D eigenvalue weighted by atomic mass is 16.5. The van der Waals surface area contributed by atoms with E-state index in [0.29, 0.717) is 19.4 Å². The topological polar surface area (TPSA) is 87.2 Å². The van der Waals surface area contributed by atoms with Crippen LogP contribution in [0.4, 0.5) is 5.82 Å². The molecule has 172 valence electrons. The lowest BCUT2D eigenvalue weighted by Crippen LogP contribution is -2.38. The van der Waals surface area contributed by atoms with Crippen LogP contribution in [0, 0.1) is 6.92 Å². The van der Waals surface area contributed by atoms with Gasteiger partial charge in [-0.25, -0.2) is 15.0 Å². The first kappa shape index (κ1) is 21.6. The summed E-state index contributed by atoms with van der Waals surface area (Å²) in [7, 11) is 1.65. The minimum Gasteiger partial charge on any atom is -0.497 e. The number of likely N-dealkylation sites (tertiary alicyclic amines) is 1. The molecule has 1 aromatic carbocycles. The monoisotopic (exact) mass is 446 g/mol. The van der Waals surface area contributed by atoms with Crippen LogP contribution in [0.25, 0.3) is 0 Å². The van der Waals surface area contributed by atoms with E-state index in [-0.39, 0.29) is 11.8 Å². The molecule has 0 radical (unpaired) electrons. The predicted octanol–water partition coefficient (Wildman–Crippen LogP) is 3.38. The van der Waals surface area contributed by atoms with E-state index in [2.05, 4.69) is 21.8 Å². The number of rotatable bonds is 6. The second-order valence-electron chi connectivity index (χ2n) is 8.91. The summed E-state index contributed by atoms with van der Waals surface area (Å²) >= 11 is 0. The van der Waals surface area contributed by atoms with Crippen molar-refractivity contribution in [2.45, 2.75) is 51.6 Å². The Hall–Kier alpha value is -3.26. The second-order valence-corrected chi connectivity index (χ2v) is 8.91. The Morgan fingerprint density at radius 2 is 2.00 bits per heavy atom. The maximum atomic E-state index is 12.9. The van der Waals surface area contributed by atoms with Crippen LogP contribution in [0.2, 0.25) is 0 Å². The summed E-state index contributed by atoms with van der Waals surface area (Å²) in [4.78, 5) is 34.7. The third-order valence-electron chi connectivity index (χ3n) is 6.65. The van der Waals surface area contributed by atoms with Crippen molar-refractivity contribution >= 4 is 11.7 Å². The van der Waals surface area contributed by atoms with Crippen LogP contribution in [-0.2, 0) is 24.3 Å². The molecule has 1 atom stereocenters. The predicted molar refractivity (Wildman–Crippen MR) is 125 cm³/mol. The molecule has 2 aliphatic rings. The van der Waals surface area contributed by atoms with E-state index in [1.807, 2.05) is 35.4 Å². The molecule has 4 heterocycles. The summed E-state index contributed by atoms with van der Waals surface area (Å²) in [6, 6.07) is 7.86. The number of aromatic amines is 1. The Labute approximate surface area is 194 Å². The third kappa shape index (κ3) is 4.61. The summed E-state index contributed by atoms with van der Waals surface area (Å²) in [5.74, 6) is 3.79. The van der Waals surface area contributed by atoms with Gasteiger partial charge in [0.1, 0.15) is 23.2 Å². The number of aryl methyl sites for hydroxylation is 1. The van der Waals surface area contributed by atoms with Gasteiger partial charge in [0.25, 0.3) is 0 Å². The van der Waals surface area contributed by atoms with E-state index in [1.54, 1.807) is 13.3 Å². The first-order valence-corrected chi connectivity index (χ1v) is 11.6. The van der Waals surface area contributed by atoms with Gasteiger partial charge in [-0.05, 0) is 50.4 Å². The number of H-pyrrole nitrogens is 1. The van der Waals surface area contributed by atoms with Gasteiger partial charge >= 0.3 is 0 Å². The lowest BCUT2D eigenvalue weighted by Gasteiger charge is -2.33. The molecule has 0 spiro atoms. The molecule has 33 heavy (non-hydrogen) atoms. The molecule has 5 rings (SSSR count). The van der Waals surface area contributed by atoms with E-state index in [1.165, 1.54) is 0 Å². The van der Waals surface area contributed by atoms with Gasteiger partial charge in [0, 0.05) is 42.5 Å². The number of nitrogens with zero attached hydrogens (tertiary/aromatic N) is 5. The van der Waals surface area contributed by atoms with Crippen LogP contribution < -0.4 is 9.64 Å². The van der Waals surface area contributed by atoms with Crippen LogP contribution in [0.5, 0.6) is 5.75 Å². The van der Waals surface area contributed by atoms with Crippen molar-refractivity contribution in [3.8, 4) is 5.75 Å². The zero-order valence-electron chi connectivity index (χ0n) is 19.3. The van der Waals surface area contributed by atoms with Crippen LogP contribution in [-0.4, -0.2) is 50.9 Å². The van der Waals surface area contributed by atoms with Crippen molar-refractivity contribution in [1.29, 1.82) is 0 Å². The van der Waals surface area contributed by atoms with Gasteiger partial charge in [-0.3, -0.25) is 14.6 Å².